The first-order valence-electron chi connectivity index (χ1n) is 8.94. The summed E-state index contributed by atoms with van der Waals surface area (Å²) in [5, 5.41) is 10.2. The van der Waals surface area contributed by atoms with Crippen LogP contribution in [0.3, 0.4) is 0 Å². The normalized spacial score (nSPS) is 15.5. The molecule has 0 atom stereocenters. The van der Waals surface area contributed by atoms with Crippen molar-refractivity contribution in [1.82, 2.24) is 9.21 Å². The molecule has 32 heavy (non-hydrogen) atoms. The summed E-state index contributed by atoms with van der Waals surface area (Å²) in [7, 11) is -6.40. The minimum atomic E-state index is -4.64. The molecule has 0 radical (unpaired) electrons. The lowest BCUT2D eigenvalue weighted by Gasteiger charge is -2.32. The van der Waals surface area contributed by atoms with Crippen LogP contribution >= 0.6 is 42.8 Å². The van der Waals surface area contributed by atoms with E-state index in [1.54, 1.807) is 30.3 Å². The van der Waals surface area contributed by atoms with Gasteiger partial charge in [0.05, 0.1) is 16.5 Å². The topological polar surface area (TPSA) is 142 Å². The number of hydrogen-bond donors (Lipinski definition) is 3. The maximum atomic E-state index is 13.2. The number of hydrogen-bond acceptors (Lipinski definition) is 6. The van der Waals surface area contributed by atoms with E-state index >= 15 is 0 Å². The average molecular weight is 540 g/mol. The number of nitrogens with zero attached hydrogens (tertiary/aromatic N) is 3. The molecular formula is C18H20Cl2N3O6PS2. The Bertz CT molecular complexity index is 1130. The zero-order chi connectivity index (χ0) is 24.1. The van der Waals surface area contributed by atoms with Gasteiger partial charge in [-0.25, -0.2) is 13.0 Å². The zero-order valence-electron chi connectivity index (χ0n) is 16.7. The van der Waals surface area contributed by atoms with Gasteiger partial charge in [-0.2, -0.15) is 9.57 Å². The van der Waals surface area contributed by atoms with Crippen LogP contribution < -0.4 is 0 Å². The summed E-state index contributed by atoms with van der Waals surface area (Å²) in [5.41, 5.74) is 0.302. The van der Waals surface area contributed by atoms with E-state index in [2.05, 4.69) is 4.90 Å². The van der Waals surface area contributed by atoms with Gasteiger partial charge in [0.15, 0.2) is 0 Å². The molecule has 2 aromatic carbocycles. The third-order valence-corrected chi connectivity index (χ3v) is 7.77. The molecule has 9 nitrogen and oxygen atoms in total. The van der Waals surface area contributed by atoms with Crippen molar-refractivity contribution in [3.8, 4) is 6.07 Å². The van der Waals surface area contributed by atoms with Gasteiger partial charge in [-0.15, -0.1) is 0 Å². The fraction of sp³-hybridized carbons (Fsp3) is 0.278. The molecule has 1 heterocycles. The highest BCUT2D eigenvalue weighted by atomic mass is 35.5. The van der Waals surface area contributed by atoms with E-state index in [0.717, 1.165) is 4.90 Å². The molecule has 0 bridgehead atoms. The molecule has 0 spiro atoms. The number of nitriles is 1. The van der Waals surface area contributed by atoms with Crippen molar-refractivity contribution in [3.05, 3.63) is 52.0 Å². The Morgan fingerprint density at radius 1 is 1.03 bits per heavy atom. The van der Waals surface area contributed by atoms with Crippen molar-refractivity contribution in [2.45, 2.75) is 14.7 Å². The lowest BCUT2D eigenvalue weighted by molar-refractivity contribution is 0.222. The minimum absolute atomic E-state index is 0.132. The number of piperazine rings is 1. The monoisotopic (exact) mass is 539 g/mol. The molecule has 2 aromatic rings. The molecule has 174 valence electrons. The smallest absolute Gasteiger partial charge is 0.304 e. The zero-order valence-corrected chi connectivity index (χ0v) is 20.8. The number of likely N-dealkylation sites (N-methyl/N-ethyl adjacent to an activating group) is 1. The van der Waals surface area contributed by atoms with E-state index in [9.17, 15) is 13.7 Å². The van der Waals surface area contributed by atoms with Gasteiger partial charge in [-0.3, -0.25) is 0 Å². The first-order chi connectivity index (χ1) is 14.8. The summed E-state index contributed by atoms with van der Waals surface area (Å²) >= 11 is 13.4. The summed E-state index contributed by atoms with van der Waals surface area (Å²) in [6.07, 6.45) is 0. The maximum absolute atomic E-state index is 13.2. The highest BCUT2D eigenvalue weighted by Crippen LogP contribution is 2.37. The second kappa shape index (κ2) is 11.3. The predicted molar refractivity (Wildman–Crippen MR) is 122 cm³/mol. The van der Waals surface area contributed by atoms with Crippen molar-refractivity contribution in [3.63, 3.8) is 0 Å². The summed E-state index contributed by atoms with van der Waals surface area (Å²) in [5.74, 6) is 0. The summed E-state index contributed by atoms with van der Waals surface area (Å²) in [4.78, 5) is 25.0. The molecule has 1 fully saturated rings. The Balaban J connectivity index is 0.000000654. The van der Waals surface area contributed by atoms with Gasteiger partial charge in [0, 0.05) is 46.0 Å². The van der Waals surface area contributed by atoms with E-state index in [1.807, 2.05) is 13.1 Å². The Morgan fingerprint density at radius 2 is 1.56 bits per heavy atom. The highest BCUT2D eigenvalue weighted by Gasteiger charge is 2.30. The van der Waals surface area contributed by atoms with Gasteiger partial charge in [-0.1, -0.05) is 35.0 Å². The fourth-order valence-electron chi connectivity index (χ4n) is 2.75. The Hall–Kier alpha value is -1.16. The van der Waals surface area contributed by atoms with Crippen molar-refractivity contribution < 1.29 is 27.7 Å². The first-order valence-corrected chi connectivity index (χ1v) is 13.5. The molecule has 3 N–H and O–H groups in total. The quantitative estimate of drug-likeness (QED) is 0.499. The van der Waals surface area contributed by atoms with E-state index < -0.39 is 17.8 Å². The Labute approximate surface area is 200 Å². The van der Waals surface area contributed by atoms with Crippen LogP contribution in [0, 0.1) is 11.3 Å². The van der Waals surface area contributed by atoms with E-state index in [0.29, 0.717) is 46.7 Å². The van der Waals surface area contributed by atoms with Crippen LogP contribution in [0.2, 0.25) is 10.0 Å². The molecule has 1 aliphatic rings. The number of benzene rings is 2. The predicted octanol–water partition coefficient (Wildman–Crippen LogP) is 3.02. The minimum Gasteiger partial charge on any atom is -0.304 e. The van der Waals surface area contributed by atoms with Gasteiger partial charge in [0.1, 0.15) is 0 Å². The summed E-state index contributed by atoms with van der Waals surface area (Å²) in [6, 6.07) is 11.8. The van der Waals surface area contributed by atoms with Gasteiger partial charge in [-0.05, 0) is 43.4 Å². The first kappa shape index (κ1) is 27.1. The van der Waals surface area contributed by atoms with Crippen LogP contribution in [0.5, 0.6) is 0 Å². The van der Waals surface area contributed by atoms with E-state index in [4.69, 9.17) is 42.4 Å². The molecule has 0 unspecified atom stereocenters. The molecular weight excluding hydrogens is 520 g/mol. The number of rotatable bonds is 4. The molecule has 0 aromatic heterocycles. The summed E-state index contributed by atoms with van der Waals surface area (Å²) < 4.78 is 36.8. The number of halogens is 2. The maximum Gasteiger partial charge on any atom is 0.466 e. The van der Waals surface area contributed by atoms with Crippen LogP contribution in [0.4, 0.5) is 0 Å². The fourth-order valence-corrected chi connectivity index (χ4v) is 6.28. The third-order valence-electron chi connectivity index (χ3n) is 4.22. The lowest BCUT2D eigenvalue weighted by atomic mass is 10.2. The second-order valence-corrected chi connectivity index (χ2v) is 11.6. The molecule has 0 amide bonds. The Kier molecular flexibility index (Phi) is 9.58. The highest BCUT2D eigenvalue weighted by molar-refractivity contribution is 8.00. The van der Waals surface area contributed by atoms with Crippen molar-refractivity contribution >= 4 is 52.8 Å². The standard InChI is InChI=1S/C18H17Cl2N3O2S2.H3O4P/c1-22-4-6-23(7-5-22)27(24,25)18-8-13(12-21)2-3-17(18)26-16-10-14(19)9-15(20)11-16;1-5(2,3)4/h2-3,8-11H,4-7H2,1H3;(H3,1,2,3,4). The van der Waals surface area contributed by atoms with Crippen LogP contribution in [0.15, 0.2) is 51.1 Å². The molecule has 14 heteroatoms. The van der Waals surface area contributed by atoms with Crippen LogP contribution in [-0.2, 0) is 14.6 Å². The van der Waals surface area contributed by atoms with E-state index in [-0.39, 0.29) is 4.90 Å². The van der Waals surface area contributed by atoms with Crippen LogP contribution in [0.1, 0.15) is 5.56 Å². The summed E-state index contributed by atoms with van der Waals surface area (Å²) in [6.45, 7) is 2.18. The third kappa shape index (κ3) is 8.32. The number of phosphoric acid groups is 1. The van der Waals surface area contributed by atoms with Crippen molar-refractivity contribution in [1.29, 1.82) is 5.26 Å². The largest absolute Gasteiger partial charge is 0.466 e. The van der Waals surface area contributed by atoms with Crippen LogP contribution in [-0.4, -0.2) is 65.5 Å². The average Bonchev–Trinajstić information content (AvgIpc) is 2.66. The van der Waals surface area contributed by atoms with Gasteiger partial charge < -0.3 is 19.6 Å². The van der Waals surface area contributed by atoms with E-state index in [1.165, 1.54) is 22.1 Å². The Morgan fingerprint density at radius 3 is 2.06 bits per heavy atom. The molecule has 3 rings (SSSR count). The van der Waals surface area contributed by atoms with Crippen LogP contribution in [0.25, 0.3) is 0 Å². The molecule has 1 saturated heterocycles. The second-order valence-electron chi connectivity index (χ2n) is 6.70. The molecule has 1 aliphatic heterocycles. The lowest BCUT2D eigenvalue weighted by Crippen LogP contribution is -2.47. The van der Waals surface area contributed by atoms with Gasteiger partial charge in [0.25, 0.3) is 0 Å². The number of sulfonamides is 1. The van der Waals surface area contributed by atoms with Crippen molar-refractivity contribution in [2.24, 2.45) is 0 Å². The van der Waals surface area contributed by atoms with Crippen molar-refractivity contribution in [2.75, 3.05) is 33.2 Å². The van der Waals surface area contributed by atoms with Gasteiger partial charge in [0.2, 0.25) is 10.0 Å². The molecule has 0 aliphatic carbocycles. The SMILES string of the molecule is CN1CCN(S(=O)(=O)c2cc(C#N)ccc2Sc2cc(Cl)cc(Cl)c2)CC1.O=P(O)(O)O. The molecule has 0 saturated carbocycles. The van der Waals surface area contributed by atoms with Gasteiger partial charge >= 0.3 is 7.82 Å².